The van der Waals surface area contributed by atoms with Gasteiger partial charge in [-0.25, -0.2) is 18.5 Å². The molecule has 1 saturated heterocycles. The summed E-state index contributed by atoms with van der Waals surface area (Å²) in [5, 5.41) is 5.18. The number of benzene rings is 2. The number of amides is 3. The fourth-order valence-corrected chi connectivity index (χ4v) is 5.69. The molecule has 1 atom stereocenters. The van der Waals surface area contributed by atoms with Gasteiger partial charge in [-0.3, -0.25) is 14.4 Å². The Hall–Kier alpha value is -2.31. The Kier molecular flexibility index (Phi) is 7.92. The zero-order valence-corrected chi connectivity index (χ0v) is 22.2. The zero-order valence-electron chi connectivity index (χ0n) is 19.2. The molecule has 4 rings (SSSR count). The molecule has 1 aliphatic carbocycles. The highest BCUT2D eigenvalue weighted by Crippen LogP contribution is 2.31. The molecule has 8 nitrogen and oxygen atoms in total. The predicted molar refractivity (Wildman–Crippen MR) is 140 cm³/mol. The van der Waals surface area contributed by atoms with Crippen LogP contribution in [0.4, 0.5) is 5.69 Å². The predicted octanol–water partition coefficient (Wildman–Crippen LogP) is 3.22. The molecule has 186 valence electrons. The molecule has 2 aromatic carbocycles. The Morgan fingerprint density at radius 1 is 1.00 bits per heavy atom. The highest BCUT2D eigenvalue weighted by atomic mass is 127. The van der Waals surface area contributed by atoms with E-state index in [1.165, 1.54) is 17.0 Å². The molecule has 2 aliphatic rings. The van der Waals surface area contributed by atoms with Crippen molar-refractivity contribution in [1.29, 1.82) is 0 Å². The van der Waals surface area contributed by atoms with Crippen LogP contribution in [-0.2, 0) is 30.8 Å². The molecule has 1 unspecified atom stereocenters. The van der Waals surface area contributed by atoms with Crippen molar-refractivity contribution < 1.29 is 22.8 Å². The van der Waals surface area contributed by atoms with Crippen LogP contribution < -0.4 is 10.0 Å². The Morgan fingerprint density at radius 2 is 1.63 bits per heavy atom. The van der Waals surface area contributed by atoms with Crippen molar-refractivity contribution in [3.05, 3.63) is 57.7 Å². The van der Waals surface area contributed by atoms with Gasteiger partial charge < -0.3 is 4.90 Å². The van der Waals surface area contributed by atoms with Crippen molar-refractivity contribution in [2.75, 3.05) is 11.4 Å². The standard InChI is InChI=1S/C25H28IN3O5S/c26-19-8-10-20(11-9-19)29-23(30)16-22(25(29)32)28(24(31)18-4-2-1-3-5-18)15-14-17-6-12-21(13-7-17)35(27,33)34/h6-13,18,22H,1-5,14-16H2,(H2,27,33,34). The first kappa shape index (κ1) is 25.8. The second-order valence-corrected chi connectivity index (χ2v) is 11.9. The van der Waals surface area contributed by atoms with E-state index in [1.807, 2.05) is 12.1 Å². The third-order valence-electron chi connectivity index (χ3n) is 6.71. The molecule has 0 radical (unpaired) electrons. The molecule has 35 heavy (non-hydrogen) atoms. The average molecular weight is 609 g/mol. The second-order valence-electron chi connectivity index (χ2n) is 9.07. The number of imide groups is 1. The van der Waals surface area contributed by atoms with Gasteiger partial charge in [0.2, 0.25) is 21.8 Å². The number of nitrogens with zero attached hydrogens (tertiary/aromatic N) is 2. The van der Waals surface area contributed by atoms with E-state index in [0.717, 1.165) is 41.2 Å². The number of primary sulfonamides is 1. The monoisotopic (exact) mass is 609 g/mol. The summed E-state index contributed by atoms with van der Waals surface area (Å²) in [7, 11) is -3.79. The molecule has 2 N–H and O–H groups in total. The van der Waals surface area contributed by atoms with Gasteiger partial charge in [0.25, 0.3) is 5.91 Å². The van der Waals surface area contributed by atoms with E-state index in [1.54, 1.807) is 29.2 Å². The minimum atomic E-state index is -3.79. The summed E-state index contributed by atoms with van der Waals surface area (Å²) in [5.74, 6) is -0.935. The van der Waals surface area contributed by atoms with Crippen molar-refractivity contribution in [3.8, 4) is 0 Å². The van der Waals surface area contributed by atoms with Crippen LogP contribution in [0, 0.1) is 9.49 Å². The van der Waals surface area contributed by atoms with Crippen LogP contribution in [0.3, 0.4) is 0 Å². The molecular formula is C25H28IN3O5S. The number of anilines is 1. The van der Waals surface area contributed by atoms with E-state index in [4.69, 9.17) is 5.14 Å². The largest absolute Gasteiger partial charge is 0.330 e. The second kappa shape index (κ2) is 10.8. The minimum Gasteiger partial charge on any atom is -0.330 e. The number of nitrogens with two attached hydrogens (primary N) is 1. The summed E-state index contributed by atoms with van der Waals surface area (Å²) in [6.07, 6.45) is 5.00. The van der Waals surface area contributed by atoms with E-state index in [0.29, 0.717) is 12.1 Å². The molecule has 2 fully saturated rings. The molecular weight excluding hydrogens is 581 g/mol. The first-order valence-corrected chi connectivity index (χ1v) is 14.3. The van der Waals surface area contributed by atoms with Gasteiger partial charge >= 0.3 is 0 Å². The van der Waals surface area contributed by atoms with Crippen molar-refractivity contribution in [3.63, 3.8) is 0 Å². The summed E-state index contributed by atoms with van der Waals surface area (Å²) in [6.45, 7) is 0.258. The lowest BCUT2D eigenvalue weighted by Gasteiger charge is -2.32. The van der Waals surface area contributed by atoms with Crippen molar-refractivity contribution >= 4 is 56.0 Å². The van der Waals surface area contributed by atoms with Crippen LogP contribution in [0.1, 0.15) is 44.1 Å². The Labute approximate surface area is 219 Å². The fraction of sp³-hybridized carbons (Fsp3) is 0.400. The number of halogens is 1. The smallest absolute Gasteiger partial charge is 0.257 e. The molecule has 3 amide bonds. The molecule has 1 aliphatic heterocycles. The van der Waals surface area contributed by atoms with E-state index in [2.05, 4.69) is 22.6 Å². The normalized spacial score (nSPS) is 19.3. The van der Waals surface area contributed by atoms with Crippen molar-refractivity contribution in [1.82, 2.24) is 4.90 Å². The van der Waals surface area contributed by atoms with Gasteiger partial charge in [-0.05, 0) is 83.8 Å². The lowest BCUT2D eigenvalue weighted by atomic mass is 9.87. The first-order chi connectivity index (χ1) is 16.6. The fourth-order valence-electron chi connectivity index (χ4n) is 4.82. The van der Waals surface area contributed by atoms with E-state index >= 15 is 0 Å². The summed E-state index contributed by atoms with van der Waals surface area (Å²) >= 11 is 2.16. The van der Waals surface area contributed by atoms with Crippen LogP contribution >= 0.6 is 22.6 Å². The van der Waals surface area contributed by atoms with Crippen LogP contribution in [0.5, 0.6) is 0 Å². The quantitative estimate of drug-likeness (QED) is 0.382. The molecule has 0 aromatic heterocycles. The maximum Gasteiger partial charge on any atom is 0.257 e. The van der Waals surface area contributed by atoms with E-state index < -0.39 is 16.1 Å². The van der Waals surface area contributed by atoms with Crippen LogP contribution in [0.15, 0.2) is 53.4 Å². The van der Waals surface area contributed by atoms with Gasteiger partial charge in [0.05, 0.1) is 17.0 Å². The van der Waals surface area contributed by atoms with Gasteiger partial charge in [0.1, 0.15) is 6.04 Å². The van der Waals surface area contributed by atoms with Crippen LogP contribution in [0.25, 0.3) is 0 Å². The number of hydrogen-bond acceptors (Lipinski definition) is 5. The number of rotatable bonds is 7. The van der Waals surface area contributed by atoms with Crippen molar-refractivity contribution in [2.45, 2.75) is 55.9 Å². The average Bonchev–Trinajstić information content (AvgIpc) is 3.13. The third kappa shape index (κ3) is 5.92. The third-order valence-corrected chi connectivity index (χ3v) is 8.36. The summed E-state index contributed by atoms with van der Waals surface area (Å²) < 4.78 is 24.1. The molecule has 10 heteroatoms. The molecule has 2 aromatic rings. The summed E-state index contributed by atoms with van der Waals surface area (Å²) in [6, 6.07) is 12.5. The highest BCUT2D eigenvalue weighted by molar-refractivity contribution is 14.1. The SMILES string of the molecule is NS(=O)(=O)c1ccc(CCN(C(=O)C2CCCCC2)C2CC(=O)N(c3ccc(I)cc3)C2=O)cc1. The Morgan fingerprint density at radius 3 is 2.23 bits per heavy atom. The Balaban J connectivity index is 1.56. The van der Waals surface area contributed by atoms with Gasteiger partial charge in [0, 0.05) is 16.0 Å². The Bertz CT molecular complexity index is 1210. The molecule has 1 heterocycles. The number of carbonyl (C=O) groups excluding carboxylic acids is 3. The zero-order chi connectivity index (χ0) is 25.2. The lowest BCUT2D eigenvalue weighted by Crippen LogP contribution is -2.48. The summed E-state index contributed by atoms with van der Waals surface area (Å²) in [5.41, 5.74) is 1.32. The van der Waals surface area contributed by atoms with Crippen LogP contribution in [0.2, 0.25) is 0 Å². The van der Waals surface area contributed by atoms with E-state index in [9.17, 15) is 22.8 Å². The van der Waals surface area contributed by atoms with Gasteiger partial charge in [-0.15, -0.1) is 0 Å². The maximum atomic E-state index is 13.6. The molecule has 1 saturated carbocycles. The van der Waals surface area contributed by atoms with Crippen LogP contribution in [-0.4, -0.2) is 43.6 Å². The number of sulfonamides is 1. The number of carbonyl (C=O) groups is 3. The highest BCUT2D eigenvalue weighted by Gasteiger charge is 2.45. The maximum absolute atomic E-state index is 13.6. The topological polar surface area (TPSA) is 118 Å². The summed E-state index contributed by atoms with van der Waals surface area (Å²) in [4.78, 5) is 42.7. The van der Waals surface area contributed by atoms with Gasteiger partial charge in [-0.2, -0.15) is 0 Å². The van der Waals surface area contributed by atoms with Crippen molar-refractivity contribution in [2.24, 2.45) is 11.1 Å². The molecule has 0 spiro atoms. The molecule has 0 bridgehead atoms. The van der Waals surface area contributed by atoms with Gasteiger partial charge in [0.15, 0.2) is 0 Å². The first-order valence-electron chi connectivity index (χ1n) is 11.7. The van der Waals surface area contributed by atoms with E-state index in [-0.39, 0.29) is 41.5 Å². The number of hydrogen-bond donors (Lipinski definition) is 1. The lowest BCUT2D eigenvalue weighted by molar-refractivity contribution is -0.142. The van der Waals surface area contributed by atoms with Gasteiger partial charge in [-0.1, -0.05) is 31.4 Å². The minimum absolute atomic E-state index is 0.0149.